The van der Waals surface area contributed by atoms with Crippen LogP contribution in [0, 0.1) is 0 Å². The molecule has 4 aromatic rings. The van der Waals surface area contributed by atoms with Crippen LogP contribution in [-0.2, 0) is 0 Å². The first kappa shape index (κ1) is 17.9. The second-order valence-electron chi connectivity index (χ2n) is 6.21. The predicted molar refractivity (Wildman–Crippen MR) is 114 cm³/mol. The van der Waals surface area contributed by atoms with Crippen LogP contribution in [0.15, 0.2) is 85.3 Å². The van der Waals surface area contributed by atoms with Gasteiger partial charge in [0.05, 0.1) is 5.52 Å². The summed E-state index contributed by atoms with van der Waals surface area (Å²) < 4.78 is 0. The number of benzene rings is 2. The average molecular weight is 386 g/mol. The summed E-state index contributed by atoms with van der Waals surface area (Å²) in [7, 11) is 0. The molecule has 4 rings (SSSR count). The van der Waals surface area contributed by atoms with Gasteiger partial charge in [0.2, 0.25) is 0 Å². The Morgan fingerprint density at radius 1 is 1.00 bits per heavy atom. The van der Waals surface area contributed by atoms with Gasteiger partial charge < -0.3 is 5.32 Å². The van der Waals surface area contributed by atoms with Gasteiger partial charge in [0, 0.05) is 45.9 Å². The fourth-order valence-corrected chi connectivity index (χ4v) is 3.01. The molecule has 0 aliphatic rings. The number of nitrogens with one attached hydrogen (secondary N) is 1. The van der Waals surface area contributed by atoms with E-state index in [0.717, 1.165) is 27.8 Å². The van der Waals surface area contributed by atoms with Crippen molar-refractivity contribution in [1.29, 1.82) is 0 Å². The summed E-state index contributed by atoms with van der Waals surface area (Å²) in [6, 6.07) is 18.6. The number of hydrogen-bond acceptors (Lipinski definition) is 4. The second kappa shape index (κ2) is 8.03. The summed E-state index contributed by atoms with van der Waals surface area (Å²) in [4.78, 5) is 20.7. The van der Waals surface area contributed by atoms with Crippen LogP contribution < -0.4 is 5.32 Å². The standard InChI is InChI=1S/C23H16ClN3O/c24-18-6-9-20-21(11-13-26-22(20)14-18)27-19-7-4-17(5-8-19)23(28)10-3-16-2-1-12-25-15-16/h1-15H,(H,26,27)/b10-3+. The minimum atomic E-state index is -0.0561. The molecule has 0 unspecified atom stereocenters. The van der Waals surface area contributed by atoms with E-state index in [1.165, 1.54) is 0 Å². The normalized spacial score (nSPS) is 11.0. The monoisotopic (exact) mass is 385 g/mol. The summed E-state index contributed by atoms with van der Waals surface area (Å²) in [5.41, 5.74) is 4.15. The molecule has 1 N–H and O–H groups in total. The zero-order valence-electron chi connectivity index (χ0n) is 14.8. The largest absolute Gasteiger partial charge is 0.355 e. The van der Waals surface area contributed by atoms with Gasteiger partial charge in [-0.2, -0.15) is 0 Å². The van der Waals surface area contributed by atoms with Crippen molar-refractivity contribution in [2.24, 2.45) is 0 Å². The van der Waals surface area contributed by atoms with Crippen molar-refractivity contribution in [2.75, 3.05) is 5.32 Å². The molecule has 0 amide bonds. The third kappa shape index (κ3) is 4.08. The van der Waals surface area contributed by atoms with E-state index in [4.69, 9.17) is 11.6 Å². The SMILES string of the molecule is O=C(/C=C/c1cccnc1)c1ccc(Nc2ccnc3cc(Cl)ccc23)cc1. The number of fused-ring (bicyclic) bond motifs is 1. The van der Waals surface area contributed by atoms with Gasteiger partial charge in [-0.25, -0.2) is 0 Å². The predicted octanol–water partition coefficient (Wildman–Crippen LogP) is 5.92. The Bertz CT molecular complexity index is 1160. The molecule has 0 fully saturated rings. The summed E-state index contributed by atoms with van der Waals surface area (Å²) >= 11 is 6.04. The molecule has 2 aromatic heterocycles. The Morgan fingerprint density at radius 2 is 1.86 bits per heavy atom. The molecule has 0 spiro atoms. The zero-order valence-corrected chi connectivity index (χ0v) is 15.6. The van der Waals surface area contributed by atoms with Gasteiger partial charge in [0.25, 0.3) is 0 Å². The molecule has 0 saturated heterocycles. The third-order valence-electron chi connectivity index (χ3n) is 4.26. The van der Waals surface area contributed by atoms with Crippen LogP contribution in [-0.4, -0.2) is 15.8 Å². The number of allylic oxidation sites excluding steroid dienone is 1. The van der Waals surface area contributed by atoms with Gasteiger partial charge >= 0.3 is 0 Å². The molecular weight excluding hydrogens is 370 g/mol. The van der Waals surface area contributed by atoms with Gasteiger partial charge in [0.15, 0.2) is 5.78 Å². The summed E-state index contributed by atoms with van der Waals surface area (Å²) in [5, 5.41) is 5.00. The fourth-order valence-electron chi connectivity index (χ4n) is 2.85. The first-order valence-electron chi connectivity index (χ1n) is 8.73. The van der Waals surface area contributed by atoms with Crippen LogP contribution in [0.2, 0.25) is 5.02 Å². The first-order valence-corrected chi connectivity index (χ1v) is 9.11. The smallest absolute Gasteiger partial charge is 0.185 e. The van der Waals surface area contributed by atoms with Crippen LogP contribution in [0.1, 0.15) is 15.9 Å². The lowest BCUT2D eigenvalue weighted by molar-refractivity contribution is 0.104. The maximum absolute atomic E-state index is 12.3. The number of anilines is 2. The Morgan fingerprint density at radius 3 is 2.64 bits per heavy atom. The van der Waals surface area contributed by atoms with Crippen LogP contribution in [0.4, 0.5) is 11.4 Å². The Kier molecular flexibility index (Phi) is 5.13. The Hall–Kier alpha value is -3.50. The molecule has 0 radical (unpaired) electrons. The van der Waals surface area contributed by atoms with Crippen LogP contribution in [0.3, 0.4) is 0 Å². The first-order chi connectivity index (χ1) is 13.7. The van der Waals surface area contributed by atoms with Crippen LogP contribution in [0.5, 0.6) is 0 Å². The number of nitrogens with zero attached hydrogens (tertiary/aromatic N) is 2. The lowest BCUT2D eigenvalue weighted by atomic mass is 10.1. The quantitative estimate of drug-likeness (QED) is 0.342. The number of carbonyl (C=O) groups is 1. The maximum Gasteiger partial charge on any atom is 0.185 e. The third-order valence-corrected chi connectivity index (χ3v) is 4.50. The van der Waals surface area contributed by atoms with Crippen LogP contribution >= 0.6 is 11.6 Å². The highest BCUT2D eigenvalue weighted by Crippen LogP contribution is 2.27. The number of aromatic nitrogens is 2. The van der Waals surface area contributed by atoms with Gasteiger partial charge in [-0.05, 0) is 72.3 Å². The van der Waals surface area contributed by atoms with Gasteiger partial charge in [-0.15, -0.1) is 0 Å². The van der Waals surface area contributed by atoms with Crippen molar-refractivity contribution in [3.05, 3.63) is 101 Å². The number of rotatable bonds is 5. The molecule has 0 aliphatic carbocycles. The molecule has 0 saturated carbocycles. The van der Waals surface area contributed by atoms with E-state index in [1.54, 1.807) is 42.9 Å². The molecule has 0 atom stereocenters. The van der Waals surface area contributed by atoms with Gasteiger partial charge in [0.1, 0.15) is 0 Å². The molecule has 2 aromatic carbocycles. The average Bonchev–Trinajstić information content (AvgIpc) is 2.73. The van der Waals surface area contributed by atoms with E-state index in [2.05, 4.69) is 15.3 Å². The van der Waals surface area contributed by atoms with Crippen molar-refractivity contribution < 1.29 is 4.79 Å². The second-order valence-corrected chi connectivity index (χ2v) is 6.64. The highest BCUT2D eigenvalue weighted by molar-refractivity contribution is 6.31. The number of carbonyl (C=O) groups excluding carboxylic acids is 1. The van der Waals surface area contributed by atoms with Crippen molar-refractivity contribution in [2.45, 2.75) is 0 Å². The molecule has 136 valence electrons. The summed E-state index contributed by atoms with van der Waals surface area (Å²) in [6.45, 7) is 0. The van der Waals surface area contributed by atoms with Crippen molar-refractivity contribution in [3.8, 4) is 0 Å². The lowest BCUT2D eigenvalue weighted by Crippen LogP contribution is -1.96. The molecule has 4 nitrogen and oxygen atoms in total. The van der Waals surface area contributed by atoms with E-state index in [0.29, 0.717) is 10.6 Å². The number of hydrogen-bond donors (Lipinski definition) is 1. The Balaban J connectivity index is 1.51. The number of ketones is 1. The van der Waals surface area contributed by atoms with E-state index in [9.17, 15) is 4.79 Å². The number of halogens is 1. The maximum atomic E-state index is 12.3. The van der Waals surface area contributed by atoms with E-state index in [1.807, 2.05) is 48.5 Å². The Labute approximate surface area is 167 Å². The summed E-state index contributed by atoms with van der Waals surface area (Å²) in [5.74, 6) is -0.0561. The van der Waals surface area contributed by atoms with Crippen molar-refractivity contribution in [1.82, 2.24) is 9.97 Å². The van der Waals surface area contributed by atoms with Gasteiger partial charge in [-0.1, -0.05) is 17.7 Å². The van der Waals surface area contributed by atoms with Gasteiger partial charge in [-0.3, -0.25) is 14.8 Å². The highest BCUT2D eigenvalue weighted by Gasteiger charge is 2.05. The zero-order chi connectivity index (χ0) is 19.3. The minimum Gasteiger partial charge on any atom is -0.355 e. The molecule has 0 aliphatic heterocycles. The van der Waals surface area contributed by atoms with Crippen molar-refractivity contribution in [3.63, 3.8) is 0 Å². The molecular formula is C23H16ClN3O. The number of pyridine rings is 2. The summed E-state index contributed by atoms with van der Waals surface area (Å²) in [6.07, 6.45) is 8.46. The van der Waals surface area contributed by atoms with E-state index in [-0.39, 0.29) is 5.78 Å². The molecule has 0 bridgehead atoms. The minimum absolute atomic E-state index is 0.0561. The van der Waals surface area contributed by atoms with Crippen molar-refractivity contribution >= 4 is 45.7 Å². The lowest BCUT2D eigenvalue weighted by Gasteiger charge is -2.10. The molecule has 5 heteroatoms. The topological polar surface area (TPSA) is 54.9 Å². The van der Waals surface area contributed by atoms with Crippen LogP contribution in [0.25, 0.3) is 17.0 Å². The van der Waals surface area contributed by atoms with E-state index >= 15 is 0 Å². The highest BCUT2D eigenvalue weighted by atomic mass is 35.5. The fraction of sp³-hybridized carbons (Fsp3) is 0. The molecule has 28 heavy (non-hydrogen) atoms. The van der Waals surface area contributed by atoms with E-state index < -0.39 is 0 Å². The molecule has 2 heterocycles.